The molecule has 0 saturated carbocycles. The van der Waals surface area contributed by atoms with E-state index in [0.29, 0.717) is 23.1 Å². The van der Waals surface area contributed by atoms with Gasteiger partial charge in [0.15, 0.2) is 5.78 Å². The number of benzene rings is 3. The van der Waals surface area contributed by atoms with E-state index in [4.69, 9.17) is 9.47 Å². The maximum absolute atomic E-state index is 14.1. The second-order valence-electron chi connectivity index (χ2n) is 11.7. The summed E-state index contributed by atoms with van der Waals surface area (Å²) in [4.78, 5) is 54.0. The number of ether oxygens (including phenoxy) is 2. The molecule has 41 heavy (non-hydrogen) atoms. The van der Waals surface area contributed by atoms with Crippen molar-refractivity contribution >= 4 is 23.9 Å². The second kappa shape index (κ2) is 12.0. The summed E-state index contributed by atoms with van der Waals surface area (Å²) in [5.41, 5.74) is 0.874. The fraction of sp³-hybridized carbons (Fsp3) is 0.333. The van der Waals surface area contributed by atoms with Crippen molar-refractivity contribution in [1.29, 1.82) is 0 Å². The molecule has 0 unspecified atom stereocenters. The van der Waals surface area contributed by atoms with Crippen LogP contribution in [0.5, 0.6) is 0 Å². The van der Waals surface area contributed by atoms with E-state index in [-0.39, 0.29) is 12.4 Å². The van der Waals surface area contributed by atoms with Crippen LogP contribution in [0.4, 0.5) is 9.59 Å². The molecule has 8 heteroatoms. The van der Waals surface area contributed by atoms with Crippen LogP contribution in [0, 0.1) is 0 Å². The summed E-state index contributed by atoms with van der Waals surface area (Å²) >= 11 is 0. The van der Waals surface area contributed by atoms with Gasteiger partial charge in [-0.05, 0) is 38.3 Å². The molecule has 0 spiro atoms. The number of nitrogens with one attached hydrogen (secondary N) is 1. The Kier molecular flexibility index (Phi) is 8.61. The van der Waals surface area contributed by atoms with Gasteiger partial charge in [-0.15, -0.1) is 0 Å². The number of cyclic esters (lactones) is 1. The zero-order valence-electron chi connectivity index (χ0n) is 24.0. The summed E-state index contributed by atoms with van der Waals surface area (Å²) in [5, 5.41) is 2.73. The lowest BCUT2D eigenvalue weighted by molar-refractivity contribution is -0.133. The fourth-order valence-electron chi connectivity index (χ4n) is 4.86. The van der Waals surface area contributed by atoms with Gasteiger partial charge >= 0.3 is 12.2 Å². The highest BCUT2D eigenvalue weighted by Crippen LogP contribution is 2.31. The summed E-state index contributed by atoms with van der Waals surface area (Å²) in [7, 11) is 0. The van der Waals surface area contributed by atoms with Crippen LogP contribution in [-0.4, -0.2) is 53.1 Å². The molecule has 0 aromatic heterocycles. The van der Waals surface area contributed by atoms with Crippen LogP contribution in [0.2, 0.25) is 0 Å². The number of carbonyl (C=O) groups excluding carboxylic acids is 4. The van der Waals surface area contributed by atoms with Crippen LogP contribution in [0.3, 0.4) is 0 Å². The van der Waals surface area contributed by atoms with Gasteiger partial charge < -0.3 is 14.8 Å². The molecule has 4 rings (SSSR count). The standard InChI is InChI=1S/C33H36N2O6/c1-32(2,3)41-30(38)34-28(29(37)35-26(21-40-31(35)39)20-22-12-8-6-9-13-22)33(4,5)25-18-16-24(17-19-25)27(36)23-14-10-7-11-15-23/h6-19,26,28H,20-21H2,1-5H3,(H,34,38)/t26-,28+/m0/s1. The minimum atomic E-state index is -1.18. The molecule has 3 amide bonds. The molecule has 1 fully saturated rings. The molecule has 8 nitrogen and oxygen atoms in total. The van der Waals surface area contributed by atoms with Crippen LogP contribution in [0.1, 0.15) is 61.7 Å². The largest absolute Gasteiger partial charge is 0.447 e. The average molecular weight is 557 g/mol. The third-order valence-corrected chi connectivity index (χ3v) is 7.07. The maximum Gasteiger partial charge on any atom is 0.417 e. The van der Waals surface area contributed by atoms with E-state index < -0.39 is 41.2 Å². The van der Waals surface area contributed by atoms with Crippen molar-refractivity contribution in [2.75, 3.05) is 6.61 Å². The SMILES string of the molecule is CC(C)(C)OC(=O)N[C@H](C(=O)N1C(=O)OC[C@@H]1Cc1ccccc1)C(C)(C)c1ccc(C(=O)c2ccccc2)cc1. The Morgan fingerprint density at radius 1 is 0.878 bits per heavy atom. The van der Waals surface area contributed by atoms with E-state index >= 15 is 0 Å². The molecule has 214 valence electrons. The van der Waals surface area contributed by atoms with Crippen LogP contribution >= 0.6 is 0 Å². The molecule has 1 aliphatic rings. The number of hydrogen-bond acceptors (Lipinski definition) is 6. The predicted molar refractivity (Wildman–Crippen MR) is 155 cm³/mol. The quantitative estimate of drug-likeness (QED) is 0.358. The summed E-state index contributed by atoms with van der Waals surface area (Å²) < 4.78 is 10.8. The van der Waals surface area contributed by atoms with Gasteiger partial charge in [-0.25, -0.2) is 14.5 Å². The van der Waals surface area contributed by atoms with E-state index in [1.54, 1.807) is 83.1 Å². The molecule has 3 aromatic carbocycles. The maximum atomic E-state index is 14.1. The number of hydrogen-bond donors (Lipinski definition) is 1. The number of rotatable bonds is 8. The Morgan fingerprint density at radius 3 is 2.02 bits per heavy atom. The number of imide groups is 1. The van der Waals surface area contributed by atoms with Gasteiger partial charge in [0.25, 0.3) is 5.91 Å². The minimum absolute atomic E-state index is 0.0509. The molecule has 0 aliphatic carbocycles. The molecular formula is C33H36N2O6. The van der Waals surface area contributed by atoms with Crippen molar-refractivity contribution in [3.8, 4) is 0 Å². The lowest BCUT2D eigenvalue weighted by atomic mass is 9.76. The Labute approximate surface area is 240 Å². The lowest BCUT2D eigenvalue weighted by Crippen LogP contribution is -2.59. The number of alkyl carbamates (subject to hydrolysis) is 1. The highest BCUT2D eigenvalue weighted by Gasteiger charge is 2.47. The number of amides is 3. The van der Waals surface area contributed by atoms with E-state index in [1.165, 1.54) is 0 Å². The topological polar surface area (TPSA) is 102 Å². The summed E-state index contributed by atoms with van der Waals surface area (Å²) in [6, 6.07) is 23.7. The normalized spacial score (nSPS) is 16.1. The van der Waals surface area contributed by atoms with E-state index in [9.17, 15) is 19.2 Å². The predicted octanol–water partition coefficient (Wildman–Crippen LogP) is 5.68. The van der Waals surface area contributed by atoms with Crippen LogP contribution < -0.4 is 5.32 Å². The third kappa shape index (κ3) is 7.01. The molecule has 1 N–H and O–H groups in total. The van der Waals surface area contributed by atoms with Gasteiger partial charge in [0.1, 0.15) is 18.2 Å². The highest BCUT2D eigenvalue weighted by atomic mass is 16.6. The first-order valence-corrected chi connectivity index (χ1v) is 13.6. The van der Waals surface area contributed by atoms with Crippen molar-refractivity contribution in [2.45, 2.75) is 64.1 Å². The van der Waals surface area contributed by atoms with E-state index in [2.05, 4.69) is 5.32 Å². The molecule has 3 aromatic rings. The Balaban J connectivity index is 1.65. The third-order valence-electron chi connectivity index (χ3n) is 7.07. The fourth-order valence-corrected chi connectivity index (χ4v) is 4.86. The van der Waals surface area contributed by atoms with E-state index in [1.807, 2.05) is 36.4 Å². The first-order chi connectivity index (χ1) is 19.4. The summed E-state index contributed by atoms with van der Waals surface area (Å²) in [6.07, 6.45) is -1.13. The summed E-state index contributed by atoms with van der Waals surface area (Å²) in [6.45, 7) is 8.83. The first kappa shape index (κ1) is 29.5. The van der Waals surface area contributed by atoms with Gasteiger partial charge in [-0.1, -0.05) is 98.8 Å². The molecule has 1 heterocycles. The van der Waals surface area contributed by atoms with Crippen molar-refractivity contribution in [2.24, 2.45) is 0 Å². The molecule has 1 aliphatic heterocycles. The smallest absolute Gasteiger partial charge is 0.417 e. The molecular weight excluding hydrogens is 520 g/mol. The van der Waals surface area contributed by atoms with Gasteiger partial charge in [0, 0.05) is 16.5 Å². The molecule has 1 saturated heterocycles. The second-order valence-corrected chi connectivity index (χ2v) is 11.7. The number of nitrogens with zero attached hydrogens (tertiary/aromatic N) is 1. The number of ketones is 1. The van der Waals surface area contributed by atoms with Crippen molar-refractivity contribution in [1.82, 2.24) is 10.2 Å². The van der Waals surface area contributed by atoms with Crippen LogP contribution in [0.25, 0.3) is 0 Å². The summed E-state index contributed by atoms with van der Waals surface area (Å²) in [5.74, 6) is -0.730. The average Bonchev–Trinajstić information content (AvgIpc) is 3.30. The lowest BCUT2D eigenvalue weighted by Gasteiger charge is -2.37. The monoisotopic (exact) mass is 556 g/mol. The Hall–Kier alpha value is -4.46. The Morgan fingerprint density at radius 2 is 1.44 bits per heavy atom. The zero-order valence-corrected chi connectivity index (χ0v) is 24.0. The number of carbonyl (C=O) groups is 4. The minimum Gasteiger partial charge on any atom is -0.447 e. The van der Waals surface area contributed by atoms with Crippen molar-refractivity contribution < 1.29 is 28.7 Å². The first-order valence-electron chi connectivity index (χ1n) is 13.6. The van der Waals surface area contributed by atoms with Crippen LogP contribution in [0.15, 0.2) is 84.9 Å². The highest BCUT2D eigenvalue weighted by molar-refractivity contribution is 6.09. The van der Waals surface area contributed by atoms with Gasteiger partial charge in [-0.2, -0.15) is 0 Å². The molecule has 2 atom stereocenters. The van der Waals surface area contributed by atoms with Crippen LogP contribution in [-0.2, 0) is 26.1 Å². The van der Waals surface area contributed by atoms with E-state index in [0.717, 1.165) is 10.5 Å². The molecule has 0 radical (unpaired) electrons. The van der Waals surface area contributed by atoms with Gasteiger partial charge in [-0.3, -0.25) is 9.59 Å². The molecule has 0 bridgehead atoms. The van der Waals surface area contributed by atoms with Crippen molar-refractivity contribution in [3.63, 3.8) is 0 Å². The van der Waals surface area contributed by atoms with Gasteiger partial charge in [0.2, 0.25) is 0 Å². The zero-order chi connectivity index (χ0) is 29.8. The van der Waals surface area contributed by atoms with Crippen molar-refractivity contribution in [3.05, 3.63) is 107 Å². The Bertz CT molecular complexity index is 1400. The van der Waals surface area contributed by atoms with Gasteiger partial charge in [0.05, 0.1) is 6.04 Å².